The van der Waals surface area contributed by atoms with E-state index in [1.807, 2.05) is 0 Å². The second-order valence-corrected chi connectivity index (χ2v) is 12.7. The number of allylic oxidation sites excluding steroid dienone is 1. The van der Waals surface area contributed by atoms with E-state index >= 15 is 0 Å². The third kappa shape index (κ3) is 4.02. The predicted molar refractivity (Wildman–Crippen MR) is 134 cm³/mol. The summed E-state index contributed by atoms with van der Waals surface area (Å²) in [5, 5.41) is 11.6. The molecule has 0 aromatic heterocycles. The highest BCUT2D eigenvalue weighted by atomic mass is 16.5. The molecule has 5 aliphatic rings. The molecule has 196 valence electrons. The highest BCUT2D eigenvalue weighted by molar-refractivity contribution is 5.86. The maximum Gasteiger partial charge on any atom is 0.307 e. The van der Waals surface area contributed by atoms with Crippen molar-refractivity contribution in [1.29, 1.82) is 0 Å². The molecule has 0 amide bonds. The summed E-state index contributed by atoms with van der Waals surface area (Å²) in [7, 11) is 0. The van der Waals surface area contributed by atoms with Crippen LogP contribution in [0, 0.1) is 34.5 Å². The Morgan fingerprint density at radius 2 is 1.91 bits per heavy atom. The van der Waals surface area contributed by atoms with Crippen molar-refractivity contribution in [2.75, 3.05) is 32.8 Å². The molecule has 1 N–H and O–H groups in total. The van der Waals surface area contributed by atoms with Crippen LogP contribution in [0.25, 0.3) is 0 Å². The van der Waals surface area contributed by atoms with Crippen LogP contribution in [0.3, 0.4) is 0 Å². The topological polar surface area (TPSA) is 76.1 Å². The summed E-state index contributed by atoms with van der Waals surface area (Å²) in [4.78, 5) is 27.5. The van der Waals surface area contributed by atoms with Crippen molar-refractivity contribution < 1.29 is 24.2 Å². The molecule has 0 aromatic carbocycles. The van der Waals surface area contributed by atoms with Crippen molar-refractivity contribution in [3.05, 3.63) is 11.6 Å². The summed E-state index contributed by atoms with van der Waals surface area (Å²) < 4.78 is 11.3. The lowest BCUT2D eigenvalue weighted by atomic mass is 9.46. The Kier molecular flexibility index (Phi) is 6.72. The molecule has 0 bridgehead atoms. The zero-order valence-electron chi connectivity index (χ0n) is 22.2. The molecule has 35 heavy (non-hydrogen) atoms. The predicted octanol–water partition coefficient (Wildman–Crippen LogP) is 4.15. The van der Waals surface area contributed by atoms with Crippen molar-refractivity contribution in [3.63, 3.8) is 0 Å². The number of ether oxygens (including phenoxy) is 2. The van der Waals surface area contributed by atoms with E-state index in [1.54, 1.807) is 6.92 Å². The van der Waals surface area contributed by atoms with Crippen LogP contribution in [0.2, 0.25) is 0 Å². The first-order valence-electron chi connectivity index (χ1n) is 14.0. The molecule has 4 aliphatic carbocycles. The fraction of sp³-hybridized carbons (Fsp3) is 0.862. The van der Waals surface area contributed by atoms with Gasteiger partial charge in [-0.1, -0.05) is 32.4 Å². The average molecular weight is 488 g/mol. The number of fused-ring (bicyclic) bond motifs is 5. The first-order chi connectivity index (χ1) is 16.6. The zero-order valence-corrected chi connectivity index (χ0v) is 22.2. The van der Waals surface area contributed by atoms with Crippen LogP contribution >= 0.6 is 0 Å². The normalized spacial score (nSPS) is 45.6. The molecule has 0 aromatic rings. The van der Waals surface area contributed by atoms with Gasteiger partial charge in [0.25, 0.3) is 0 Å². The highest BCUT2D eigenvalue weighted by Crippen LogP contribution is 2.68. The summed E-state index contributed by atoms with van der Waals surface area (Å²) in [6.45, 7) is 12.3. The van der Waals surface area contributed by atoms with Gasteiger partial charge in [-0.05, 0) is 74.5 Å². The van der Waals surface area contributed by atoms with Gasteiger partial charge in [0.05, 0.1) is 19.6 Å². The molecule has 1 aliphatic heterocycles. The van der Waals surface area contributed by atoms with E-state index in [9.17, 15) is 14.7 Å². The van der Waals surface area contributed by atoms with Crippen LogP contribution in [0.5, 0.6) is 0 Å². The van der Waals surface area contributed by atoms with Crippen LogP contribution in [0.15, 0.2) is 11.6 Å². The highest BCUT2D eigenvalue weighted by Gasteiger charge is 2.67. The lowest BCUT2D eigenvalue weighted by molar-refractivity contribution is -0.166. The van der Waals surface area contributed by atoms with Crippen molar-refractivity contribution in [2.45, 2.75) is 90.8 Å². The average Bonchev–Trinajstić information content (AvgIpc) is 3.05. The summed E-state index contributed by atoms with van der Waals surface area (Å²) in [5.74, 6) is 1.37. The zero-order chi connectivity index (χ0) is 25.0. The molecule has 0 unspecified atom stereocenters. The molecule has 1 saturated heterocycles. The number of carbonyl (C=O) groups is 2. The number of hydrogen-bond donors (Lipinski definition) is 1. The molecular weight excluding hydrogens is 442 g/mol. The largest absolute Gasteiger partial charge is 0.462 e. The smallest absolute Gasteiger partial charge is 0.307 e. The number of ketones is 1. The lowest BCUT2D eigenvalue weighted by Gasteiger charge is -2.58. The lowest BCUT2D eigenvalue weighted by Crippen LogP contribution is -2.58. The first-order valence-corrected chi connectivity index (χ1v) is 14.0. The van der Waals surface area contributed by atoms with Gasteiger partial charge in [0.2, 0.25) is 0 Å². The van der Waals surface area contributed by atoms with Gasteiger partial charge >= 0.3 is 5.97 Å². The van der Waals surface area contributed by atoms with Gasteiger partial charge in [-0.25, -0.2) is 0 Å². The van der Waals surface area contributed by atoms with E-state index < -0.39 is 5.60 Å². The van der Waals surface area contributed by atoms with Crippen molar-refractivity contribution in [1.82, 2.24) is 4.90 Å². The number of morpholine rings is 1. The minimum Gasteiger partial charge on any atom is -0.462 e. The van der Waals surface area contributed by atoms with Gasteiger partial charge in [0.1, 0.15) is 11.7 Å². The van der Waals surface area contributed by atoms with E-state index in [0.29, 0.717) is 24.2 Å². The number of nitrogens with zero attached hydrogens (tertiary/aromatic N) is 1. The van der Waals surface area contributed by atoms with Crippen molar-refractivity contribution in [2.24, 2.45) is 34.5 Å². The fourth-order valence-electron chi connectivity index (χ4n) is 9.14. The van der Waals surface area contributed by atoms with Crippen LogP contribution in [0.4, 0.5) is 0 Å². The van der Waals surface area contributed by atoms with Crippen molar-refractivity contribution >= 4 is 11.8 Å². The Labute approximate surface area is 210 Å². The number of rotatable bonds is 5. The van der Waals surface area contributed by atoms with Crippen LogP contribution in [-0.2, 0) is 19.1 Å². The van der Waals surface area contributed by atoms with E-state index in [0.717, 1.165) is 77.8 Å². The van der Waals surface area contributed by atoms with Gasteiger partial charge < -0.3 is 14.6 Å². The number of carbonyl (C=O) groups excluding carboxylic acids is 2. The van der Waals surface area contributed by atoms with Gasteiger partial charge in [-0.15, -0.1) is 0 Å². The molecule has 3 saturated carbocycles. The number of aliphatic hydroxyl groups is 1. The Bertz CT molecular complexity index is 880. The third-order valence-electron chi connectivity index (χ3n) is 11.2. The Balaban J connectivity index is 1.24. The summed E-state index contributed by atoms with van der Waals surface area (Å²) in [6, 6.07) is 0. The van der Waals surface area contributed by atoms with Crippen LogP contribution in [-0.4, -0.2) is 66.3 Å². The third-order valence-corrected chi connectivity index (χ3v) is 11.2. The Morgan fingerprint density at radius 1 is 1.17 bits per heavy atom. The number of esters is 1. The second-order valence-electron chi connectivity index (χ2n) is 12.7. The molecule has 4 fully saturated rings. The van der Waals surface area contributed by atoms with E-state index in [-0.39, 0.29) is 34.6 Å². The molecule has 0 spiro atoms. The molecule has 8 atom stereocenters. The monoisotopic (exact) mass is 487 g/mol. The second kappa shape index (κ2) is 9.25. The number of hydrogen-bond acceptors (Lipinski definition) is 6. The molecule has 6 nitrogen and oxygen atoms in total. The van der Waals surface area contributed by atoms with E-state index in [2.05, 4.69) is 31.7 Å². The Morgan fingerprint density at radius 3 is 2.63 bits per heavy atom. The molecule has 0 radical (unpaired) electrons. The molecule has 5 rings (SSSR count). The molecule has 6 heteroatoms. The quantitative estimate of drug-likeness (QED) is 0.464. The van der Waals surface area contributed by atoms with Crippen LogP contribution < -0.4 is 0 Å². The molecular formula is C29H45NO5. The number of Topliss-reactive ketones (excluding diaryl/α,β-unsaturated/α-hetero) is 1. The van der Waals surface area contributed by atoms with Gasteiger partial charge in [0, 0.05) is 31.5 Å². The summed E-state index contributed by atoms with van der Waals surface area (Å²) >= 11 is 0. The minimum absolute atomic E-state index is 0.00812. The van der Waals surface area contributed by atoms with Crippen molar-refractivity contribution in [3.8, 4) is 0 Å². The minimum atomic E-state index is -1.19. The van der Waals surface area contributed by atoms with Crippen LogP contribution in [0.1, 0.15) is 79.1 Å². The maximum atomic E-state index is 12.6. The summed E-state index contributed by atoms with van der Waals surface area (Å²) in [6.07, 6.45) is 9.67. The summed E-state index contributed by atoms with van der Waals surface area (Å²) in [5.41, 5.74) is 0.100. The standard InChI is InChI=1S/C29H45NO5/c1-19-17-25-23-6-5-21-18-22(35-26(32)9-12-30-13-15-34-16-14-30)7-10-27(21,3)24(23)8-11-28(25,4)29(19,33)20(2)31/h5,19,22-25,33H,6-18H2,1-4H3/t19-,22+,23-,24+,25+,27+,28+,29+/m1/s1. The Hall–Kier alpha value is -1.24. The maximum absolute atomic E-state index is 12.6. The SMILES string of the molecule is CC(=O)[C@@]1(O)[C@H](C)C[C@H]2[C@@H]3CC=C4C[C@@H](OC(=O)CCN5CCOCC5)CC[C@]4(C)[C@H]3CC[C@@]21C. The van der Waals surface area contributed by atoms with E-state index in [1.165, 1.54) is 5.57 Å². The van der Waals surface area contributed by atoms with E-state index in [4.69, 9.17) is 9.47 Å². The first kappa shape index (κ1) is 25.4. The molecule has 1 heterocycles. The van der Waals surface area contributed by atoms with Gasteiger partial charge in [-0.3, -0.25) is 14.5 Å². The fourth-order valence-corrected chi connectivity index (χ4v) is 9.14. The van der Waals surface area contributed by atoms with Gasteiger partial charge in [0.15, 0.2) is 5.78 Å². The van der Waals surface area contributed by atoms with Gasteiger partial charge in [-0.2, -0.15) is 0 Å².